The van der Waals surface area contributed by atoms with E-state index in [9.17, 15) is 5.11 Å². The van der Waals surface area contributed by atoms with Crippen molar-refractivity contribution in [3.05, 3.63) is 71.8 Å². The third-order valence-corrected chi connectivity index (χ3v) is 4.58. The van der Waals surface area contributed by atoms with Crippen molar-refractivity contribution < 1.29 is 9.84 Å². The second-order valence-corrected chi connectivity index (χ2v) is 5.85. The summed E-state index contributed by atoms with van der Waals surface area (Å²) in [6.45, 7) is 0.895. The minimum Gasteiger partial charge on any atom is -0.380 e. The number of aliphatic hydroxyl groups is 1. The summed E-state index contributed by atoms with van der Waals surface area (Å²) in [6, 6.07) is 19.6. The van der Waals surface area contributed by atoms with Crippen LogP contribution in [0.5, 0.6) is 0 Å². The molecule has 1 heterocycles. The fraction of sp³-hybridized carbons (Fsp3) is 0.368. The average molecular weight is 334 g/mol. The van der Waals surface area contributed by atoms with Crippen LogP contribution < -0.4 is 5.32 Å². The van der Waals surface area contributed by atoms with Crippen LogP contribution in [-0.4, -0.2) is 30.9 Å². The smallest absolute Gasteiger partial charge is 0.132 e. The van der Waals surface area contributed by atoms with Crippen LogP contribution in [0, 0.1) is 0 Å². The quantitative estimate of drug-likeness (QED) is 0.903. The summed E-state index contributed by atoms with van der Waals surface area (Å²) in [4.78, 5) is 0. The fourth-order valence-electron chi connectivity index (χ4n) is 3.44. The topological polar surface area (TPSA) is 41.5 Å². The lowest BCUT2D eigenvalue weighted by Crippen LogP contribution is -2.58. The maximum atomic E-state index is 11.7. The lowest BCUT2D eigenvalue weighted by Gasteiger charge is -2.43. The van der Waals surface area contributed by atoms with Gasteiger partial charge in [-0.1, -0.05) is 60.7 Å². The van der Waals surface area contributed by atoms with Crippen molar-refractivity contribution in [2.75, 3.05) is 13.7 Å². The molecule has 0 aliphatic carbocycles. The first kappa shape index (κ1) is 18.0. The highest BCUT2D eigenvalue weighted by molar-refractivity contribution is 5.85. The Morgan fingerprint density at radius 3 is 2.00 bits per heavy atom. The molecule has 23 heavy (non-hydrogen) atoms. The minimum atomic E-state index is -1.11. The summed E-state index contributed by atoms with van der Waals surface area (Å²) in [7, 11) is 1.72. The Kier molecular flexibility index (Phi) is 6.19. The number of ether oxygens (including phenoxy) is 1. The standard InChI is InChI=1S/C19H23NO2.ClH/c1-22-17-13-8-14-20-18(17)19(21,15-9-4-2-5-10-15)16-11-6-3-7-12-16;/h2-7,9-12,17-18,20-21H,8,13-14H2,1H3;1H. The Morgan fingerprint density at radius 1 is 1.00 bits per heavy atom. The Bertz CT molecular complexity index is 551. The van der Waals surface area contributed by atoms with Gasteiger partial charge in [0.15, 0.2) is 0 Å². The monoisotopic (exact) mass is 333 g/mol. The second kappa shape index (κ2) is 7.93. The van der Waals surface area contributed by atoms with Crippen molar-refractivity contribution in [2.24, 2.45) is 0 Å². The SMILES string of the molecule is COC1CCCNC1C(O)(c1ccccc1)c1ccccc1.Cl. The van der Waals surface area contributed by atoms with Crippen LogP contribution in [0.25, 0.3) is 0 Å². The van der Waals surface area contributed by atoms with Gasteiger partial charge in [0.1, 0.15) is 5.60 Å². The van der Waals surface area contributed by atoms with Crippen LogP contribution >= 0.6 is 12.4 Å². The van der Waals surface area contributed by atoms with Crippen molar-refractivity contribution in [3.8, 4) is 0 Å². The molecular formula is C19H24ClNO2. The zero-order valence-electron chi connectivity index (χ0n) is 13.3. The molecule has 1 aliphatic heterocycles. The first-order valence-electron chi connectivity index (χ1n) is 7.86. The molecule has 1 fully saturated rings. The minimum absolute atomic E-state index is 0. The van der Waals surface area contributed by atoms with Gasteiger partial charge < -0.3 is 15.2 Å². The molecule has 2 aromatic rings. The number of rotatable bonds is 4. The predicted molar refractivity (Wildman–Crippen MR) is 95.0 cm³/mol. The van der Waals surface area contributed by atoms with E-state index in [2.05, 4.69) is 5.32 Å². The normalized spacial score (nSPS) is 21.5. The van der Waals surface area contributed by atoms with E-state index < -0.39 is 5.60 Å². The highest BCUT2D eigenvalue weighted by Crippen LogP contribution is 2.37. The molecule has 0 amide bonds. The molecule has 1 aliphatic rings. The van der Waals surface area contributed by atoms with Gasteiger partial charge in [-0.2, -0.15) is 0 Å². The fourth-order valence-corrected chi connectivity index (χ4v) is 3.44. The molecule has 3 rings (SSSR count). The van der Waals surface area contributed by atoms with E-state index >= 15 is 0 Å². The Morgan fingerprint density at radius 2 is 1.52 bits per heavy atom. The average Bonchev–Trinajstić information content (AvgIpc) is 2.62. The molecular weight excluding hydrogens is 310 g/mol. The second-order valence-electron chi connectivity index (χ2n) is 5.85. The maximum absolute atomic E-state index is 11.7. The molecule has 2 unspecified atom stereocenters. The number of hydrogen-bond donors (Lipinski definition) is 2. The number of piperidine rings is 1. The summed E-state index contributed by atoms with van der Waals surface area (Å²) < 4.78 is 5.67. The summed E-state index contributed by atoms with van der Waals surface area (Å²) in [5.74, 6) is 0. The largest absolute Gasteiger partial charge is 0.380 e. The molecule has 2 N–H and O–H groups in total. The van der Waals surface area contributed by atoms with Crippen molar-refractivity contribution in [1.82, 2.24) is 5.32 Å². The molecule has 0 radical (unpaired) electrons. The van der Waals surface area contributed by atoms with Gasteiger partial charge in [0.2, 0.25) is 0 Å². The van der Waals surface area contributed by atoms with Crippen LogP contribution in [0.3, 0.4) is 0 Å². The molecule has 3 nitrogen and oxygen atoms in total. The van der Waals surface area contributed by atoms with Crippen molar-refractivity contribution in [2.45, 2.75) is 30.6 Å². The zero-order chi connectivity index (χ0) is 15.4. The lowest BCUT2D eigenvalue weighted by atomic mass is 9.76. The van der Waals surface area contributed by atoms with Gasteiger partial charge in [0.25, 0.3) is 0 Å². The highest BCUT2D eigenvalue weighted by atomic mass is 35.5. The number of halogens is 1. The van der Waals surface area contributed by atoms with E-state index in [1.165, 1.54) is 0 Å². The third-order valence-electron chi connectivity index (χ3n) is 4.58. The van der Waals surface area contributed by atoms with Crippen molar-refractivity contribution >= 4 is 12.4 Å². The molecule has 124 valence electrons. The highest BCUT2D eigenvalue weighted by Gasteiger charge is 2.45. The third kappa shape index (κ3) is 3.43. The van der Waals surface area contributed by atoms with Crippen LogP contribution in [0.1, 0.15) is 24.0 Å². The van der Waals surface area contributed by atoms with Gasteiger partial charge in [0, 0.05) is 7.11 Å². The molecule has 1 saturated heterocycles. The van der Waals surface area contributed by atoms with Gasteiger partial charge in [-0.15, -0.1) is 12.4 Å². The number of hydrogen-bond acceptors (Lipinski definition) is 3. The van der Waals surface area contributed by atoms with Crippen LogP contribution in [0.15, 0.2) is 60.7 Å². The van der Waals surface area contributed by atoms with E-state index in [4.69, 9.17) is 4.74 Å². The molecule has 0 aromatic heterocycles. The van der Waals surface area contributed by atoms with Crippen LogP contribution in [0.4, 0.5) is 0 Å². The summed E-state index contributed by atoms with van der Waals surface area (Å²) in [6.07, 6.45) is 2.00. The number of nitrogens with one attached hydrogen (secondary N) is 1. The van der Waals surface area contributed by atoms with Gasteiger partial charge in [-0.25, -0.2) is 0 Å². The Balaban J connectivity index is 0.00000192. The summed E-state index contributed by atoms with van der Waals surface area (Å²) >= 11 is 0. The maximum Gasteiger partial charge on any atom is 0.132 e. The molecule has 2 aromatic carbocycles. The molecule has 0 bridgehead atoms. The van der Waals surface area contributed by atoms with Gasteiger partial charge in [-0.05, 0) is 30.5 Å². The molecule has 0 saturated carbocycles. The van der Waals surface area contributed by atoms with E-state index in [0.29, 0.717) is 0 Å². The first-order chi connectivity index (χ1) is 10.8. The first-order valence-corrected chi connectivity index (χ1v) is 7.86. The zero-order valence-corrected chi connectivity index (χ0v) is 14.1. The Labute approximate surface area is 144 Å². The lowest BCUT2D eigenvalue weighted by molar-refractivity contribution is -0.0525. The molecule has 2 atom stereocenters. The van der Waals surface area contributed by atoms with Crippen molar-refractivity contribution in [1.29, 1.82) is 0 Å². The van der Waals surface area contributed by atoms with Gasteiger partial charge in [-0.3, -0.25) is 0 Å². The molecule has 4 heteroatoms. The number of benzene rings is 2. The van der Waals surface area contributed by atoms with Crippen LogP contribution in [0.2, 0.25) is 0 Å². The van der Waals surface area contributed by atoms with E-state index in [0.717, 1.165) is 30.5 Å². The van der Waals surface area contributed by atoms with Gasteiger partial charge in [0.05, 0.1) is 12.1 Å². The predicted octanol–water partition coefficient (Wildman–Crippen LogP) is 3.11. The van der Waals surface area contributed by atoms with E-state index in [1.807, 2.05) is 60.7 Å². The summed E-state index contributed by atoms with van der Waals surface area (Å²) in [5.41, 5.74) is 0.675. The van der Waals surface area contributed by atoms with E-state index in [-0.39, 0.29) is 24.6 Å². The van der Waals surface area contributed by atoms with Crippen molar-refractivity contribution in [3.63, 3.8) is 0 Å². The van der Waals surface area contributed by atoms with E-state index in [1.54, 1.807) is 7.11 Å². The van der Waals surface area contributed by atoms with Gasteiger partial charge >= 0.3 is 0 Å². The molecule has 0 spiro atoms. The Hall–Kier alpha value is -1.39. The summed E-state index contributed by atoms with van der Waals surface area (Å²) in [5, 5.41) is 15.2. The van der Waals surface area contributed by atoms with Crippen LogP contribution in [-0.2, 0) is 10.3 Å². The number of methoxy groups -OCH3 is 1.